The Balaban J connectivity index is 0. The van der Waals surface area contributed by atoms with E-state index in [0.29, 0.717) is 0 Å². The molecule has 52 valence electrons. The second-order valence-electron chi connectivity index (χ2n) is 0. The van der Waals surface area contributed by atoms with Crippen LogP contribution in [0.1, 0.15) is 0 Å². The first-order valence-corrected chi connectivity index (χ1v) is 0. The van der Waals surface area contributed by atoms with Gasteiger partial charge in [0, 0.05) is 33.0 Å². The molecule has 9 heavy (non-hydrogen) atoms. The van der Waals surface area contributed by atoms with Crippen LogP contribution in [0.4, 0.5) is 0 Å². The van der Waals surface area contributed by atoms with Crippen molar-refractivity contribution in [3.05, 3.63) is 0 Å². The smallest absolute Gasteiger partial charge is 2.00 e. The van der Waals surface area contributed by atoms with Crippen LogP contribution in [0.5, 0.6) is 0 Å². The summed E-state index contributed by atoms with van der Waals surface area (Å²) in [4.78, 5) is 0. The molecular weight excluding hydrogens is 268 g/mol. The monoisotopic (exact) mass is 270 g/mol. The molecule has 0 heterocycles. The maximum atomic E-state index is 0. The third kappa shape index (κ3) is 85.6. The van der Waals surface area contributed by atoms with Gasteiger partial charge >= 0.3 is 80.8 Å². The van der Waals surface area contributed by atoms with E-state index in [1.54, 1.807) is 0 Å². The van der Waals surface area contributed by atoms with Gasteiger partial charge in [-0.3, -0.25) is 0 Å². The molecule has 0 fully saturated rings. The summed E-state index contributed by atoms with van der Waals surface area (Å²) in [7, 11) is 0. The molecule has 0 rings (SSSR count). The Kier molecular flexibility index (Phi) is 1590. The van der Waals surface area contributed by atoms with Crippen molar-refractivity contribution in [2.24, 2.45) is 0 Å². The largest absolute Gasteiger partial charge is 3.00 e. The molecule has 0 aliphatic carbocycles. The topological polar surface area (TPSA) is 85.5 Å². The molecule has 0 saturated heterocycles. The Morgan fingerprint density at radius 2 is 0.444 bits per heavy atom. The fourth-order valence-corrected chi connectivity index (χ4v) is 0. The normalized spacial score (nSPS) is 0. The van der Waals surface area contributed by atoms with Gasteiger partial charge in [0.2, 0.25) is 0 Å². The molecule has 0 aromatic rings. The Morgan fingerprint density at radius 3 is 0.444 bits per heavy atom. The summed E-state index contributed by atoms with van der Waals surface area (Å²) in [5, 5.41) is 0. The molecule has 0 bridgehead atoms. The van der Waals surface area contributed by atoms with E-state index < -0.39 is 0 Å². The fraction of sp³-hybridized carbons (Fsp3) is 0. The van der Waals surface area contributed by atoms with Gasteiger partial charge < -0.3 is 16.4 Å². The van der Waals surface area contributed by atoms with E-state index in [0.717, 1.165) is 0 Å². The minimum absolute atomic E-state index is 0. The summed E-state index contributed by atoms with van der Waals surface area (Å²) in [6, 6.07) is 0. The molecule has 0 amide bonds. The molecule has 0 radical (unpaired) electrons. The molecule has 9 heteroatoms. The van der Waals surface area contributed by atoms with Crippen LogP contribution in [0.15, 0.2) is 0 Å². The minimum atomic E-state index is 0. The van der Waals surface area contributed by atoms with E-state index in [9.17, 15) is 0 Å². The molecule has 0 atom stereocenters. The summed E-state index contributed by atoms with van der Waals surface area (Å²) in [6.45, 7) is 0. The van der Waals surface area contributed by atoms with Crippen LogP contribution in [0.2, 0.25) is 0 Å². The first-order valence-electron chi connectivity index (χ1n) is 0. The average Bonchev–Trinajstić information content (AvgIpc) is 0. The summed E-state index contributed by atoms with van der Waals surface area (Å²) < 4.78 is 0. The van der Waals surface area contributed by atoms with Crippen molar-refractivity contribution in [3.63, 3.8) is 0 Å². The van der Waals surface area contributed by atoms with Crippen molar-refractivity contribution < 1.29 is 49.4 Å². The Morgan fingerprint density at radius 1 is 0.444 bits per heavy atom. The zero-order valence-corrected chi connectivity index (χ0v) is 7.30. The van der Waals surface area contributed by atoms with Gasteiger partial charge in [-0.2, -0.15) is 0 Å². The van der Waals surface area contributed by atoms with Crippen molar-refractivity contribution in [1.82, 2.24) is 0 Å². The molecule has 3 nitrogen and oxygen atoms in total. The first-order chi connectivity index (χ1) is 0. The van der Waals surface area contributed by atoms with Crippen LogP contribution in [0.25, 0.3) is 0 Å². The van der Waals surface area contributed by atoms with Crippen molar-refractivity contribution >= 4 is 80.8 Å². The van der Waals surface area contributed by atoms with Crippen LogP contribution >= 0.6 is 0 Å². The third-order valence-electron chi connectivity index (χ3n) is 0. The van der Waals surface area contributed by atoms with Crippen LogP contribution in [0.3, 0.4) is 0 Å². The molecule has 0 unspecified atom stereocenters. The SMILES string of the molecule is [Al+3].[Al+3].[MgH2].[MgH2].[Ni].[Ni].[O-2].[O-2].[O-2]. The quantitative estimate of drug-likeness (QED) is 0.422. The predicted octanol–water partition coefficient (Wildman–Crippen LogP) is -2.96. The van der Waals surface area contributed by atoms with Crippen molar-refractivity contribution in [3.8, 4) is 0 Å². The molecule has 0 aliphatic rings. The van der Waals surface area contributed by atoms with Crippen molar-refractivity contribution in [1.29, 1.82) is 0 Å². The van der Waals surface area contributed by atoms with Crippen LogP contribution in [-0.2, 0) is 49.4 Å². The van der Waals surface area contributed by atoms with E-state index in [-0.39, 0.29) is 130 Å². The zero-order valence-electron chi connectivity index (χ0n) is 3.01. The molecular formula is H4Al2Mg2Ni2O3. The van der Waals surface area contributed by atoms with Gasteiger partial charge in [-0.15, -0.1) is 0 Å². The standard InChI is InChI=1S/2Al.2Mg.2Ni.3O.4H/q2*+3;;;;;3*-2;;;;. The van der Waals surface area contributed by atoms with Gasteiger partial charge in [-0.25, -0.2) is 0 Å². The summed E-state index contributed by atoms with van der Waals surface area (Å²) in [5.41, 5.74) is 0. The van der Waals surface area contributed by atoms with E-state index in [1.807, 2.05) is 0 Å². The van der Waals surface area contributed by atoms with E-state index in [2.05, 4.69) is 0 Å². The van der Waals surface area contributed by atoms with Gasteiger partial charge in [-0.05, 0) is 0 Å². The average molecular weight is 272 g/mol. The summed E-state index contributed by atoms with van der Waals surface area (Å²) in [5.74, 6) is 0. The van der Waals surface area contributed by atoms with Gasteiger partial charge in [0.05, 0.1) is 0 Å². The van der Waals surface area contributed by atoms with Crippen LogP contribution in [0, 0.1) is 0 Å². The number of hydrogen-bond acceptors (Lipinski definition) is 0. The molecule has 0 saturated carbocycles. The van der Waals surface area contributed by atoms with Gasteiger partial charge in [0.1, 0.15) is 0 Å². The third-order valence-corrected chi connectivity index (χ3v) is 0. The van der Waals surface area contributed by atoms with E-state index in [1.165, 1.54) is 0 Å². The zero-order chi connectivity index (χ0) is 0. The number of rotatable bonds is 0. The van der Waals surface area contributed by atoms with Gasteiger partial charge in [-0.1, -0.05) is 0 Å². The van der Waals surface area contributed by atoms with Crippen molar-refractivity contribution in [2.75, 3.05) is 0 Å². The molecule has 0 aliphatic heterocycles. The number of hydrogen-bond donors (Lipinski definition) is 0. The van der Waals surface area contributed by atoms with Gasteiger partial charge in [0.25, 0.3) is 0 Å². The minimum Gasteiger partial charge on any atom is -2.00 e. The second-order valence-corrected chi connectivity index (χ2v) is 0. The van der Waals surface area contributed by atoms with Crippen molar-refractivity contribution in [2.45, 2.75) is 0 Å². The molecule has 0 spiro atoms. The van der Waals surface area contributed by atoms with E-state index in [4.69, 9.17) is 0 Å². The Labute approximate surface area is 128 Å². The second kappa shape index (κ2) is 105. The molecule has 0 aromatic carbocycles. The van der Waals surface area contributed by atoms with E-state index >= 15 is 0 Å². The summed E-state index contributed by atoms with van der Waals surface area (Å²) >= 11 is 0. The molecule has 0 N–H and O–H groups in total. The maximum Gasteiger partial charge on any atom is 3.00 e. The Hall–Kier alpha value is 3.46. The summed E-state index contributed by atoms with van der Waals surface area (Å²) in [6.07, 6.45) is 0. The first kappa shape index (κ1) is 136. The van der Waals surface area contributed by atoms with Crippen LogP contribution in [-0.4, -0.2) is 80.8 Å². The fourth-order valence-electron chi connectivity index (χ4n) is 0. The van der Waals surface area contributed by atoms with Gasteiger partial charge in [0.15, 0.2) is 0 Å². The Bertz CT molecular complexity index is 17.8. The van der Waals surface area contributed by atoms with Crippen LogP contribution < -0.4 is 0 Å². The maximum absolute atomic E-state index is 0. The predicted molar refractivity (Wildman–Crippen MR) is 30.7 cm³/mol. The molecule has 0 aromatic heterocycles.